The monoisotopic (exact) mass is 325 g/mol. The number of amides is 1. The summed E-state index contributed by atoms with van der Waals surface area (Å²) in [6.45, 7) is 8.31. The highest BCUT2D eigenvalue weighted by Crippen LogP contribution is 2.24. The first-order chi connectivity index (χ1) is 11.4. The van der Waals surface area contributed by atoms with E-state index in [2.05, 4.69) is 19.2 Å². The van der Waals surface area contributed by atoms with Crippen LogP contribution in [-0.4, -0.2) is 13.0 Å². The number of ether oxygens (including phenoxy) is 1. The van der Waals surface area contributed by atoms with E-state index in [-0.39, 0.29) is 11.9 Å². The summed E-state index contributed by atoms with van der Waals surface area (Å²) >= 11 is 0. The molecular weight excluding hydrogens is 298 g/mol. The fourth-order valence-corrected chi connectivity index (χ4v) is 2.80. The van der Waals surface area contributed by atoms with E-state index in [0.717, 1.165) is 34.4 Å². The zero-order chi connectivity index (χ0) is 17.7. The van der Waals surface area contributed by atoms with Gasteiger partial charge in [0.05, 0.1) is 13.2 Å². The molecule has 24 heavy (non-hydrogen) atoms. The van der Waals surface area contributed by atoms with Crippen LogP contribution in [0.25, 0.3) is 0 Å². The Morgan fingerprint density at radius 3 is 2.33 bits per heavy atom. The second-order valence-corrected chi connectivity index (χ2v) is 6.75. The summed E-state index contributed by atoms with van der Waals surface area (Å²) in [5.74, 6) is 1.29. The molecule has 0 aliphatic heterocycles. The van der Waals surface area contributed by atoms with Crippen LogP contribution < -0.4 is 10.1 Å². The Balaban J connectivity index is 2.24. The van der Waals surface area contributed by atoms with E-state index >= 15 is 0 Å². The van der Waals surface area contributed by atoms with E-state index in [1.54, 1.807) is 7.11 Å². The molecule has 1 atom stereocenters. The van der Waals surface area contributed by atoms with Crippen molar-refractivity contribution in [1.29, 1.82) is 0 Å². The lowest BCUT2D eigenvalue weighted by molar-refractivity contribution is 0.0931. The maximum absolute atomic E-state index is 12.8. The average Bonchev–Trinajstić information content (AvgIpc) is 2.56. The fraction of sp³-hybridized carbons (Fsp3) is 0.381. The Kier molecular flexibility index (Phi) is 6.02. The van der Waals surface area contributed by atoms with Crippen LogP contribution in [0.3, 0.4) is 0 Å². The predicted molar refractivity (Wildman–Crippen MR) is 98.6 cm³/mol. The molecule has 0 spiro atoms. The van der Waals surface area contributed by atoms with Gasteiger partial charge in [-0.15, -0.1) is 0 Å². The van der Waals surface area contributed by atoms with Crippen molar-refractivity contribution in [1.82, 2.24) is 5.32 Å². The molecule has 0 radical (unpaired) electrons. The van der Waals surface area contributed by atoms with Crippen molar-refractivity contribution in [2.24, 2.45) is 5.92 Å². The molecule has 1 N–H and O–H groups in total. The van der Waals surface area contributed by atoms with Crippen molar-refractivity contribution in [3.63, 3.8) is 0 Å². The van der Waals surface area contributed by atoms with Gasteiger partial charge < -0.3 is 10.1 Å². The molecule has 128 valence electrons. The first kappa shape index (κ1) is 18.1. The van der Waals surface area contributed by atoms with Crippen LogP contribution in [0, 0.1) is 19.8 Å². The molecule has 2 aromatic carbocycles. The normalized spacial score (nSPS) is 12.1. The number of carbonyl (C=O) groups excluding carboxylic acids is 1. The van der Waals surface area contributed by atoms with Gasteiger partial charge in [0, 0.05) is 5.56 Å². The van der Waals surface area contributed by atoms with Crippen LogP contribution in [0.4, 0.5) is 0 Å². The molecule has 0 saturated heterocycles. The summed E-state index contributed by atoms with van der Waals surface area (Å²) < 4.78 is 5.22. The number of nitrogens with one attached hydrogen (secondary N) is 1. The lowest BCUT2D eigenvalue weighted by Gasteiger charge is -2.22. The van der Waals surface area contributed by atoms with Gasteiger partial charge in [-0.25, -0.2) is 0 Å². The van der Waals surface area contributed by atoms with Gasteiger partial charge in [0.1, 0.15) is 5.75 Å². The van der Waals surface area contributed by atoms with Crippen molar-refractivity contribution in [2.45, 2.75) is 40.2 Å². The van der Waals surface area contributed by atoms with Crippen LogP contribution >= 0.6 is 0 Å². The van der Waals surface area contributed by atoms with E-state index in [0.29, 0.717) is 5.92 Å². The standard InChI is InChI=1S/C21H27NO2/c1-14(2)12-20(17-8-10-18(24-5)11-9-17)22-21(23)19-13-15(3)6-7-16(19)4/h6-11,13-14,20H,12H2,1-5H3,(H,22,23). The van der Waals surface area contributed by atoms with Gasteiger partial charge in [-0.3, -0.25) is 4.79 Å². The SMILES string of the molecule is COc1ccc(C(CC(C)C)NC(=O)c2cc(C)ccc2C)cc1. The van der Waals surface area contributed by atoms with Crippen molar-refractivity contribution in [3.05, 3.63) is 64.7 Å². The summed E-state index contributed by atoms with van der Waals surface area (Å²) in [6, 6.07) is 13.9. The van der Waals surface area contributed by atoms with Crippen LogP contribution in [0.1, 0.15) is 53.4 Å². The minimum absolute atomic E-state index is 0.0108. The molecule has 0 aliphatic rings. The van der Waals surface area contributed by atoms with E-state index in [9.17, 15) is 4.79 Å². The number of aryl methyl sites for hydroxylation is 2. The molecule has 0 aliphatic carbocycles. The van der Waals surface area contributed by atoms with Gasteiger partial charge in [0.15, 0.2) is 0 Å². The van der Waals surface area contributed by atoms with E-state index < -0.39 is 0 Å². The van der Waals surface area contributed by atoms with Gasteiger partial charge in [-0.05, 0) is 55.5 Å². The molecule has 2 aromatic rings. The second-order valence-electron chi connectivity index (χ2n) is 6.75. The van der Waals surface area contributed by atoms with Crippen LogP contribution in [0.2, 0.25) is 0 Å². The van der Waals surface area contributed by atoms with Crippen LogP contribution in [-0.2, 0) is 0 Å². The summed E-state index contributed by atoms with van der Waals surface area (Å²) in [7, 11) is 1.66. The van der Waals surface area contributed by atoms with Gasteiger partial charge in [-0.2, -0.15) is 0 Å². The fourth-order valence-electron chi connectivity index (χ4n) is 2.80. The van der Waals surface area contributed by atoms with E-state index in [4.69, 9.17) is 4.74 Å². The maximum Gasteiger partial charge on any atom is 0.252 e. The Bertz CT molecular complexity index is 689. The number of hydrogen-bond donors (Lipinski definition) is 1. The molecule has 1 unspecified atom stereocenters. The second kappa shape index (κ2) is 8.00. The molecule has 0 saturated carbocycles. The van der Waals surface area contributed by atoms with Gasteiger partial charge >= 0.3 is 0 Å². The lowest BCUT2D eigenvalue weighted by Crippen LogP contribution is -2.30. The van der Waals surface area contributed by atoms with E-state index in [1.807, 2.05) is 56.3 Å². The number of carbonyl (C=O) groups is 1. The first-order valence-electron chi connectivity index (χ1n) is 8.42. The summed E-state index contributed by atoms with van der Waals surface area (Å²) in [5.41, 5.74) is 3.94. The highest BCUT2D eigenvalue weighted by atomic mass is 16.5. The molecule has 3 nitrogen and oxygen atoms in total. The zero-order valence-corrected chi connectivity index (χ0v) is 15.2. The third kappa shape index (κ3) is 4.60. The quantitative estimate of drug-likeness (QED) is 0.826. The van der Waals surface area contributed by atoms with Crippen molar-refractivity contribution in [3.8, 4) is 5.75 Å². The molecule has 2 rings (SSSR count). The summed E-state index contributed by atoms with van der Waals surface area (Å²) in [5, 5.41) is 3.21. The topological polar surface area (TPSA) is 38.3 Å². The largest absolute Gasteiger partial charge is 0.497 e. The van der Waals surface area contributed by atoms with Gasteiger partial charge in [0.25, 0.3) is 5.91 Å². The summed E-state index contributed by atoms with van der Waals surface area (Å²) in [6.07, 6.45) is 0.892. The van der Waals surface area contributed by atoms with Crippen molar-refractivity contribution < 1.29 is 9.53 Å². The minimum atomic E-state index is -0.0160. The zero-order valence-electron chi connectivity index (χ0n) is 15.2. The lowest BCUT2D eigenvalue weighted by atomic mass is 9.96. The van der Waals surface area contributed by atoms with Gasteiger partial charge in [0.2, 0.25) is 0 Å². The Morgan fingerprint density at radius 2 is 1.75 bits per heavy atom. The third-order valence-corrected chi connectivity index (χ3v) is 4.17. The van der Waals surface area contributed by atoms with Crippen molar-refractivity contribution in [2.75, 3.05) is 7.11 Å². The van der Waals surface area contributed by atoms with Crippen molar-refractivity contribution >= 4 is 5.91 Å². The molecule has 1 amide bonds. The minimum Gasteiger partial charge on any atom is -0.497 e. The van der Waals surface area contributed by atoms with Gasteiger partial charge in [-0.1, -0.05) is 43.7 Å². The Labute approximate surface area is 145 Å². The van der Waals surface area contributed by atoms with E-state index in [1.165, 1.54) is 0 Å². The highest BCUT2D eigenvalue weighted by Gasteiger charge is 2.18. The Morgan fingerprint density at radius 1 is 1.08 bits per heavy atom. The third-order valence-electron chi connectivity index (χ3n) is 4.17. The van der Waals surface area contributed by atoms with Crippen LogP contribution in [0.5, 0.6) is 5.75 Å². The number of methoxy groups -OCH3 is 1. The molecule has 0 fully saturated rings. The predicted octanol–water partition coefficient (Wildman–Crippen LogP) is 4.83. The molecule has 0 heterocycles. The number of hydrogen-bond acceptors (Lipinski definition) is 2. The molecule has 0 aromatic heterocycles. The number of benzene rings is 2. The highest BCUT2D eigenvalue weighted by molar-refractivity contribution is 5.96. The Hall–Kier alpha value is -2.29. The smallest absolute Gasteiger partial charge is 0.252 e. The first-order valence-corrected chi connectivity index (χ1v) is 8.42. The average molecular weight is 325 g/mol. The molecule has 0 bridgehead atoms. The molecular formula is C21H27NO2. The molecule has 3 heteroatoms. The number of rotatable bonds is 6. The van der Waals surface area contributed by atoms with Crippen LogP contribution in [0.15, 0.2) is 42.5 Å². The summed E-state index contributed by atoms with van der Waals surface area (Å²) in [4.78, 5) is 12.8. The maximum atomic E-state index is 12.8.